The summed E-state index contributed by atoms with van der Waals surface area (Å²) in [5.41, 5.74) is 4.22. The Kier molecular flexibility index (Phi) is 5.72. The average molecular weight is 406 g/mol. The molecule has 31 heavy (non-hydrogen) atoms. The highest BCUT2D eigenvalue weighted by Gasteiger charge is 2.16. The van der Waals surface area contributed by atoms with Gasteiger partial charge in [-0.05, 0) is 26.0 Å². The van der Waals surface area contributed by atoms with Crippen LogP contribution < -0.4 is 10.6 Å². The van der Waals surface area contributed by atoms with E-state index >= 15 is 0 Å². The van der Waals surface area contributed by atoms with Crippen molar-refractivity contribution in [1.29, 1.82) is 0 Å². The molecule has 0 spiro atoms. The summed E-state index contributed by atoms with van der Waals surface area (Å²) in [4.78, 5) is 14.4. The van der Waals surface area contributed by atoms with Gasteiger partial charge in [0.05, 0.1) is 0 Å². The Labute approximate surface area is 181 Å². The van der Waals surface area contributed by atoms with Crippen LogP contribution >= 0.6 is 0 Å². The van der Waals surface area contributed by atoms with Gasteiger partial charge in [-0.1, -0.05) is 79.9 Å². The van der Waals surface area contributed by atoms with Gasteiger partial charge < -0.3 is 4.42 Å². The monoisotopic (exact) mass is 405 g/mol. The molecule has 2 aromatic heterocycles. The summed E-state index contributed by atoms with van der Waals surface area (Å²) in [5.74, 6) is 1.73. The van der Waals surface area contributed by atoms with Crippen molar-refractivity contribution in [1.82, 2.24) is 15.0 Å². The van der Waals surface area contributed by atoms with Crippen LogP contribution in [0.15, 0.2) is 84.3 Å². The van der Waals surface area contributed by atoms with Crippen molar-refractivity contribution in [3.05, 3.63) is 96.4 Å². The van der Waals surface area contributed by atoms with Gasteiger partial charge >= 0.3 is 0 Å². The van der Waals surface area contributed by atoms with E-state index in [1.165, 1.54) is 0 Å². The second-order valence-corrected chi connectivity index (χ2v) is 6.87. The fraction of sp³-hybridized carbons (Fsp3) is 0.0741. The van der Waals surface area contributed by atoms with E-state index in [0.717, 1.165) is 38.3 Å². The molecule has 0 saturated heterocycles. The molecule has 4 rings (SSSR count). The summed E-state index contributed by atoms with van der Waals surface area (Å²) in [7, 11) is 0. The zero-order valence-corrected chi connectivity index (χ0v) is 17.7. The zero-order valence-electron chi connectivity index (χ0n) is 17.7. The predicted molar refractivity (Wildman–Crippen MR) is 128 cm³/mol. The van der Waals surface area contributed by atoms with Crippen LogP contribution in [0.5, 0.6) is 0 Å². The van der Waals surface area contributed by atoms with Crippen LogP contribution in [-0.2, 0) is 0 Å². The third-order valence-electron chi connectivity index (χ3n) is 5.02. The normalized spacial score (nSPS) is 13.0. The van der Waals surface area contributed by atoms with Crippen molar-refractivity contribution in [2.45, 2.75) is 13.8 Å². The Bertz CT molecular complexity index is 1430. The van der Waals surface area contributed by atoms with Crippen LogP contribution in [0.25, 0.3) is 51.5 Å². The molecular formula is C27H23N3O. The van der Waals surface area contributed by atoms with Crippen molar-refractivity contribution < 1.29 is 4.42 Å². The number of allylic oxidation sites excluding steroid dienone is 4. The first-order valence-corrected chi connectivity index (χ1v) is 10.1. The number of furan rings is 1. The van der Waals surface area contributed by atoms with Crippen LogP contribution in [0.2, 0.25) is 0 Å². The van der Waals surface area contributed by atoms with Gasteiger partial charge in [0.25, 0.3) is 0 Å². The van der Waals surface area contributed by atoms with Crippen LogP contribution in [-0.4, -0.2) is 15.0 Å². The number of fused-ring (bicyclic) bond motifs is 1. The average Bonchev–Trinajstić information content (AvgIpc) is 3.20. The third kappa shape index (κ3) is 3.76. The maximum absolute atomic E-state index is 6.05. The molecule has 4 nitrogen and oxygen atoms in total. The first kappa shape index (κ1) is 20.2. The maximum atomic E-state index is 6.05. The van der Waals surface area contributed by atoms with E-state index in [9.17, 15) is 0 Å². The minimum Gasteiger partial charge on any atom is -0.456 e. The lowest BCUT2D eigenvalue weighted by molar-refractivity contribution is 0.575. The molecule has 0 bridgehead atoms. The topological polar surface area (TPSA) is 51.8 Å². The Balaban J connectivity index is 2.08. The Hall–Kier alpha value is -4.05. The fourth-order valence-corrected chi connectivity index (χ4v) is 3.58. The lowest BCUT2D eigenvalue weighted by Gasteiger charge is -2.09. The number of hydrogen-bond acceptors (Lipinski definition) is 4. The molecule has 0 amide bonds. The van der Waals surface area contributed by atoms with E-state index in [2.05, 4.69) is 19.2 Å². The summed E-state index contributed by atoms with van der Waals surface area (Å²) in [5, 5.41) is 2.02. The molecule has 0 fully saturated rings. The third-order valence-corrected chi connectivity index (χ3v) is 5.02. The second-order valence-electron chi connectivity index (χ2n) is 6.87. The van der Waals surface area contributed by atoms with Crippen LogP contribution in [0.3, 0.4) is 0 Å². The van der Waals surface area contributed by atoms with Crippen molar-refractivity contribution in [3.63, 3.8) is 0 Å². The van der Waals surface area contributed by atoms with Gasteiger partial charge in [-0.2, -0.15) is 0 Å². The summed E-state index contributed by atoms with van der Waals surface area (Å²) in [6.45, 7) is 11.7. The van der Waals surface area contributed by atoms with Crippen molar-refractivity contribution in [3.8, 4) is 22.8 Å². The quantitative estimate of drug-likeness (QED) is 0.422. The largest absolute Gasteiger partial charge is 0.456 e. The van der Waals surface area contributed by atoms with Crippen LogP contribution in [0.1, 0.15) is 19.7 Å². The van der Waals surface area contributed by atoms with Gasteiger partial charge in [-0.25, -0.2) is 15.0 Å². The first-order valence-electron chi connectivity index (χ1n) is 10.1. The zero-order chi connectivity index (χ0) is 21.8. The van der Waals surface area contributed by atoms with Gasteiger partial charge in [0.1, 0.15) is 11.0 Å². The molecule has 0 radical (unpaired) electrons. The van der Waals surface area contributed by atoms with Crippen LogP contribution in [0, 0.1) is 0 Å². The molecule has 0 N–H and O–H groups in total. The van der Waals surface area contributed by atoms with E-state index in [4.69, 9.17) is 19.4 Å². The van der Waals surface area contributed by atoms with Gasteiger partial charge in [0, 0.05) is 27.3 Å². The SMILES string of the molecule is C=C/C=C(\C=C)c1nc(-c2ccccc2)nc(-c2cccc3oc(=C/C)/c(=C\C)c23)n1. The van der Waals surface area contributed by atoms with Gasteiger partial charge in [-0.3, -0.25) is 0 Å². The minimum atomic E-state index is 0.545. The predicted octanol–water partition coefficient (Wildman–Crippen LogP) is 5.31. The lowest BCUT2D eigenvalue weighted by atomic mass is 10.1. The molecule has 4 aromatic rings. The summed E-state index contributed by atoms with van der Waals surface area (Å²) in [6.07, 6.45) is 9.29. The molecule has 152 valence electrons. The van der Waals surface area contributed by atoms with Gasteiger partial charge in [-0.15, -0.1) is 0 Å². The van der Waals surface area contributed by atoms with Crippen molar-refractivity contribution >= 4 is 28.7 Å². The van der Waals surface area contributed by atoms with E-state index in [0.29, 0.717) is 17.5 Å². The Morgan fingerprint density at radius 2 is 1.65 bits per heavy atom. The molecule has 0 atom stereocenters. The number of rotatable bonds is 5. The van der Waals surface area contributed by atoms with E-state index < -0.39 is 0 Å². The smallest absolute Gasteiger partial charge is 0.164 e. The molecule has 2 aromatic carbocycles. The van der Waals surface area contributed by atoms with Gasteiger partial charge in [0.2, 0.25) is 0 Å². The maximum Gasteiger partial charge on any atom is 0.164 e. The lowest BCUT2D eigenvalue weighted by Crippen LogP contribution is -2.19. The fourth-order valence-electron chi connectivity index (χ4n) is 3.58. The van der Waals surface area contributed by atoms with E-state index in [-0.39, 0.29) is 0 Å². The highest BCUT2D eigenvalue weighted by Crippen LogP contribution is 2.27. The molecule has 2 heterocycles. The van der Waals surface area contributed by atoms with E-state index in [1.807, 2.05) is 74.5 Å². The first-order chi connectivity index (χ1) is 15.2. The number of benzene rings is 2. The molecule has 0 aliphatic carbocycles. The molecule has 4 heteroatoms. The van der Waals surface area contributed by atoms with Crippen molar-refractivity contribution in [2.75, 3.05) is 0 Å². The number of nitrogens with zero attached hydrogens (tertiary/aromatic N) is 3. The molecular weight excluding hydrogens is 382 g/mol. The van der Waals surface area contributed by atoms with E-state index in [1.54, 1.807) is 12.2 Å². The molecule has 0 saturated carbocycles. The Morgan fingerprint density at radius 3 is 2.32 bits per heavy atom. The van der Waals surface area contributed by atoms with Gasteiger partial charge in [0.15, 0.2) is 17.5 Å². The standard InChI is InChI=1S/C27H23N3O/c1-5-13-18(6-2)25-28-26(19-14-10-9-11-15-19)30-27(29-25)21-16-12-17-23-24(21)20(7-3)22(8-4)31-23/h5-17H,1-2H2,3-4H3/b18-13+,20-7+,22-8+. The summed E-state index contributed by atoms with van der Waals surface area (Å²) in [6, 6.07) is 15.8. The minimum absolute atomic E-state index is 0.545. The highest BCUT2D eigenvalue weighted by atomic mass is 16.3. The second kappa shape index (κ2) is 8.76. The number of hydrogen-bond donors (Lipinski definition) is 0. The molecule has 0 aliphatic rings. The number of aromatic nitrogens is 3. The van der Waals surface area contributed by atoms with Crippen LogP contribution in [0.4, 0.5) is 0 Å². The highest BCUT2D eigenvalue weighted by molar-refractivity contribution is 5.93. The molecule has 0 aliphatic heterocycles. The Morgan fingerprint density at radius 1 is 0.871 bits per heavy atom. The summed E-state index contributed by atoms with van der Waals surface area (Å²) >= 11 is 0. The molecule has 0 unspecified atom stereocenters. The summed E-state index contributed by atoms with van der Waals surface area (Å²) < 4.78 is 6.05. The van der Waals surface area contributed by atoms with Crippen molar-refractivity contribution in [2.24, 2.45) is 0 Å².